The van der Waals surface area contributed by atoms with E-state index < -0.39 is 12.2 Å². The van der Waals surface area contributed by atoms with Crippen LogP contribution in [0, 0.1) is 0 Å². The number of rotatable bonds is 1. The van der Waals surface area contributed by atoms with E-state index in [9.17, 15) is 13.2 Å². The van der Waals surface area contributed by atoms with Crippen molar-refractivity contribution in [3.05, 3.63) is 60.2 Å². The molecule has 1 nitrogen and oxygen atoms in total. The largest absolute Gasteiger partial charge is 0.407 e. The van der Waals surface area contributed by atoms with Gasteiger partial charge in [-0.25, -0.2) is 0 Å². The summed E-state index contributed by atoms with van der Waals surface area (Å²) in [6, 6.07) is 13.9. The summed E-state index contributed by atoms with van der Waals surface area (Å²) in [5, 5.41) is 2.63. The van der Waals surface area contributed by atoms with Crippen LogP contribution in [0.3, 0.4) is 0 Å². The molecule has 2 N–H and O–H groups in total. The molecule has 1 atom stereocenters. The van der Waals surface area contributed by atoms with Crippen LogP contribution in [0.15, 0.2) is 54.6 Å². The monoisotopic (exact) mass is 311 g/mol. The third-order valence-corrected chi connectivity index (χ3v) is 3.48. The SMILES string of the molecule is Cl.N[C@H](c1c2ccccc2cc2ccccc12)C(F)(F)F. The lowest BCUT2D eigenvalue weighted by Gasteiger charge is -2.20. The fourth-order valence-electron chi connectivity index (χ4n) is 2.55. The quantitative estimate of drug-likeness (QED) is 0.630. The summed E-state index contributed by atoms with van der Waals surface area (Å²) in [5.41, 5.74) is 5.62. The van der Waals surface area contributed by atoms with E-state index in [1.165, 1.54) is 0 Å². The molecule has 0 bridgehead atoms. The molecule has 3 aromatic carbocycles. The van der Waals surface area contributed by atoms with Crippen molar-refractivity contribution in [2.75, 3.05) is 0 Å². The molecule has 0 amide bonds. The van der Waals surface area contributed by atoms with Gasteiger partial charge >= 0.3 is 6.18 Å². The van der Waals surface area contributed by atoms with Crippen LogP contribution in [0.1, 0.15) is 11.6 Å². The van der Waals surface area contributed by atoms with Crippen LogP contribution in [-0.2, 0) is 0 Å². The standard InChI is InChI=1S/C16H12F3N.ClH/c17-16(18,19)15(20)14-12-7-3-1-5-10(12)9-11-6-2-4-8-13(11)14;/h1-9,15H,20H2;1H/t15-;/m1./s1. The predicted molar refractivity (Wildman–Crippen MR) is 81.7 cm³/mol. The van der Waals surface area contributed by atoms with Gasteiger partial charge in [0.1, 0.15) is 6.04 Å². The van der Waals surface area contributed by atoms with Gasteiger partial charge in [0.15, 0.2) is 0 Å². The third-order valence-electron chi connectivity index (χ3n) is 3.48. The minimum atomic E-state index is -4.47. The van der Waals surface area contributed by atoms with Crippen molar-refractivity contribution in [1.82, 2.24) is 0 Å². The zero-order chi connectivity index (χ0) is 14.3. The van der Waals surface area contributed by atoms with E-state index in [4.69, 9.17) is 5.73 Å². The summed E-state index contributed by atoms with van der Waals surface area (Å²) in [6.07, 6.45) is -4.47. The summed E-state index contributed by atoms with van der Waals surface area (Å²) >= 11 is 0. The van der Waals surface area contributed by atoms with Crippen molar-refractivity contribution in [2.24, 2.45) is 5.73 Å². The van der Waals surface area contributed by atoms with Crippen LogP contribution in [0.2, 0.25) is 0 Å². The summed E-state index contributed by atoms with van der Waals surface area (Å²) in [6.45, 7) is 0. The fraction of sp³-hybridized carbons (Fsp3) is 0.125. The number of hydrogen-bond acceptors (Lipinski definition) is 1. The van der Waals surface area contributed by atoms with Crippen molar-refractivity contribution in [1.29, 1.82) is 0 Å². The van der Waals surface area contributed by atoms with Gasteiger partial charge < -0.3 is 5.73 Å². The highest BCUT2D eigenvalue weighted by atomic mass is 35.5. The Hall–Kier alpha value is -1.78. The second-order valence-electron chi connectivity index (χ2n) is 4.75. The van der Waals surface area contributed by atoms with Gasteiger partial charge in [-0.05, 0) is 33.2 Å². The van der Waals surface area contributed by atoms with Gasteiger partial charge in [-0.2, -0.15) is 13.2 Å². The highest BCUT2D eigenvalue weighted by Crippen LogP contribution is 2.38. The van der Waals surface area contributed by atoms with Crippen molar-refractivity contribution < 1.29 is 13.2 Å². The normalized spacial score (nSPS) is 13.1. The van der Waals surface area contributed by atoms with Gasteiger partial charge in [-0.15, -0.1) is 12.4 Å². The van der Waals surface area contributed by atoms with Crippen molar-refractivity contribution in [3.8, 4) is 0 Å². The Labute approximate surface area is 126 Å². The van der Waals surface area contributed by atoms with Crippen LogP contribution in [-0.4, -0.2) is 6.18 Å². The molecule has 0 fully saturated rings. The average molecular weight is 312 g/mol. The number of halogens is 4. The second-order valence-corrected chi connectivity index (χ2v) is 4.75. The van der Waals surface area contributed by atoms with Gasteiger partial charge in [0, 0.05) is 0 Å². The number of alkyl halides is 3. The highest BCUT2D eigenvalue weighted by Gasteiger charge is 2.39. The molecule has 0 aliphatic heterocycles. The van der Waals surface area contributed by atoms with E-state index in [1.54, 1.807) is 48.5 Å². The lowest BCUT2D eigenvalue weighted by atomic mass is 9.92. The Morgan fingerprint density at radius 3 is 1.67 bits per heavy atom. The number of hydrogen-bond donors (Lipinski definition) is 1. The molecular weight excluding hydrogens is 299 g/mol. The lowest BCUT2D eigenvalue weighted by Crippen LogP contribution is -2.28. The van der Waals surface area contributed by atoms with Gasteiger partial charge in [0.25, 0.3) is 0 Å². The van der Waals surface area contributed by atoms with Crippen LogP contribution in [0.5, 0.6) is 0 Å². The Bertz CT molecular complexity index is 729. The molecule has 0 heterocycles. The summed E-state index contributed by atoms with van der Waals surface area (Å²) in [5.74, 6) is 0. The van der Waals surface area contributed by atoms with Crippen LogP contribution >= 0.6 is 12.4 Å². The zero-order valence-corrected chi connectivity index (χ0v) is 11.7. The maximum Gasteiger partial charge on any atom is 0.407 e. The van der Waals surface area contributed by atoms with Crippen molar-refractivity contribution in [3.63, 3.8) is 0 Å². The first kappa shape index (κ1) is 15.6. The summed E-state index contributed by atoms with van der Waals surface area (Å²) in [7, 11) is 0. The molecule has 0 spiro atoms. The second kappa shape index (κ2) is 5.54. The Morgan fingerprint density at radius 1 is 0.810 bits per heavy atom. The maximum atomic E-state index is 13.1. The van der Waals surface area contributed by atoms with Crippen LogP contribution in [0.25, 0.3) is 21.5 Å². The van der Waals surface area contributed by atoms with E-state index in [1.807, 2.05) is 6.07 Å². The van der Waals surface area contributed by atoms with Gasteiger partial charge in [-0.3, -0.25) is 0 Å². The first-order valence-electron chi connectivity index (χ1n) is 6.21. The van der Waals surface area contributed by atoms with Gasteiger partial charge in [0.05, 0.1) is 0 Å². The Morgan fingerprint density at radius 2 is 1.24 bits per heavy atom. The molecule has 21 heavy (non-hydrogen) atoms. The number of fused-ring (bicyclic) bond motifs is 2. The Kier molecular flexibility index (Phi) is 4.12. The van der Waals surface area contributed by atoms with E-state index in [0.717, 1.165) is 10.8 Å². The minimum Gasteiger partial charge on any atom is -0.316 e. The van der Waals surface area contributed by atoms with Gasteiger partial charge in [-0.1, -0.05) is 48.5 Å². The van der Waals surface area contributed by atoms with Crippen LogP contribution < -0.4 is 5.73 Å². The molecule has 0 radical (unpaired) electrons. The zero-order valence-electron chi connectivity index (χ0n) is 10.9. The maximum absolute atomic E-state index is 13.1. The van der Waals surface area contributed by atoms with Crippen LogP contribution in [0.4, 0.5) is 13.2 Å². The molecule has 5 heteroatoms. The van der Waals surface area contributed by atoms with Gasteiger partial charge in [0.2, 0.25) is 0 Å². The molecule has 110 valence electrons. The minimum absolute atomic E-state index is 0. The number of benzene rings is 3. The Balaban J connectivity index is 0.00000161. The molecule has 3 rings (SSSR count). The molecule has 3 aromatic rings. The topological polar surface area (TPSA) is 26.0 Å². The molecule has 0 aromatic heterocycles. The van der Waals surface area contributed by atoms with Crippen molar-refractivity contribution in [2.45, 2.75) is 12.2 Å². The smallest absolute Gasteiger partial charge is 0.316 e. The number of nitrogens with two attached hydrogens (primary N) is 1. The summed E-state index contributed by atoms with van der Waals surface area (Å²) in [4.78, 5) is 0. The van der Waals surface area contributed by atoms with E-state index in [-0.39, 0.29) is 18.0 Å². The molecule has 0 unspecified atom stereocenters. The molecule has 0 saturated carbocycles. The third kappa shape index (κ3) is 2.69. The van der Waals surface area contributed by atoms with E-state index in [0.29, 0.717) is 10.8 Å². The first-order chi connectivity index (χ1) is 9.48. The molecule has 0 aliphatic rings. The average Bonchev–Trinajstić information content (AvgIpc) is 2.43. The molecule has 0 saturated heterocycles. The predicted octanol–water partition coefficient (Wildman–Crippen LogP) is 4.98. The highest BCUT2D eigenvalue weighted by molar-refractivity contribution is 6.02. The van der Waals surface area contributed by atoms with E-state index in [2.05, 4.69) is 0 Å². The molecule has 0 aliphatic carbocycles. The summed E-state index contributed by atoms with van der Waals surface area (Å²) < 4.78 is 39.2. The lowest BCUT2D eigenvalue weighted by molar-refractivity contribution is -0.148. The van der Waals surface area contributed by atoms with Crippen molar-refractivity contribution >= 4 is 34.0 Å². The first-order valence-corrected chi connectivity index (χ1v) is 6.21. The van der Waals surface area contributed by atoms with E-state index >= 15 is 0 Å². The molecular formula is C16H13ClF3N. The fourth-order valence-corrected chi connectivity index (χ4v) is 2.55.